The average molecular weight is 489 g/mol. The first-order valence-corrected chi connectivity index (χ1v) is 8.60. The topological polar surface area (TPSA) is 69.8 Å². The summed E-state index contributed by atoms with van der Waals surface area (Å²) in [6.07, 6.45) is -1.25. The number of rotatable bonds is 5. The van der Waals surface area contributed by atoms with Crippen molar-refractivity contribution in [2.24, 2.45) is 10.9 Å². The van der Waals surface area contributed by atoms with E-state index >= 15 is 0 Å². The lowest BCUT2D eigenvalue weighted by Crippen LogP contribution is -2.47. The fourth-order valence-electron chi connectivity index (χ4n) is 3.03. The molecule has 0 aromatic carbocycles. The van der Waals surface area contributed by atoms with Gasteiger partial charge in [0.15, 0.2) is 5.96 Å². The van der Waals surface area contributed by atoms with Gasteiger partial charge in [0, 0.05) is 12.6 Å². The Morgan fingerprint density at radius 3 is 2.69 bits per heavy atom. The van der Waals surface area contributed by atoms with Crippen molar-refractivity contribution in [3.05, 3.63) is 24.2 Å². The number of hydrogen-bond donors (Lipinski definition) is 3. The van der Waals surface area contributed by atoms with Crippen LogP contribution in [0.1, 0.15) is 45.3 Å². The Bertz CT molecular complexity index is 562. The first-order valence-electron chi connectivity index (χ1n) is 8.60. The zero-order valence-electron chi connectivity index (χ0n) is 15.0. The van der Waals surface area contributed by atoms with Crippen LogP contribution in [0.3, 0.4) is 0 Å². The predicted octanol–water partition coefficient (Wildman–Crippen LogP) is 3.78. The molecular formula is C17H27F3IN3O2. The lowest BCUT2D eigenvalue weighted by Gasteiger charge is -2.32. The average Bonchev–Trinajstić information content (AvgIpc) is 3.08. The highest BCUT2D eigenvalue weighted by atomic mass is 127. The molecule has 26 heavy (non-hydrogen) atoms. The van der Waals surface area contributed by atoms with Gasteiger partial charge in [0.1, 0.15) is 11.4 Å². The van der Waals surface area contributed by atoms with Crippen LogP contribution in [-0.4, -0.2) is 36.4 Å². The monoisotopic (exact) mass is 489 g/mol. The van der Waals surface area contributed by atoms with Crippen molar-refractivity contribution in [2.45, 2.75) is 57.3 Å². The van der Waals surface area contributed by atoms with Gasteiger partial charge in [0.05, 0.1) is 18.7 Å². The summed E-state index contributed by atoms with van der Waals surface area (Å²) in [5.41, 5.74) is -1.28. The summed E-state index contributed by atoms with van der Waals surface area (Å²) in [5, 5.41) is 16.5. The Kier molecular flexibility index (Phi) is 8.71. The Morgan fingerprint density at radius 1 is 1.38 bits per heavy atom. The van der Waals surface area contributed by atoms with E-state index in [-0.39, 0.29) is 49.4 Å². The number of hydrogen-bond acceptors (Lipinski definition) is 3. The molecule has 3 unspecified atom stereocenters. The lowest BCUT2D eigenvalue weighted by molar-refractivity contribution is -0.183. The van der Waals surface area contributed by atoms with Crippen LogP contribution >= 0.6 is 24.0 Å². The normalized spacial score (nSPS) is 23.7. The minimum absolute atomic E-state index is 0. The van der Waals surface area contributed by atoms with Gasteiger partial charge in [0.2, 0.25) is 0 Å². The highest BCUT2D eigenvalue weighted by molar-refractivity contribution is 14.0. The van der Waals surface area contributed by atoms with Crippen molar-refractivity contribution >= 4 is 29.9 Å². The molecule has 0 radical (unpaired) electrons. The lowest BCUT2D eigenvalue weighted by atomic mass is 9.85. The van der Waals surface area contributed by atoms with Crippen molar-refractivity contribution in [1.82, 2.24) is 10.6 Å². The zero-order valence-corrected chi connectivity index (χ0v) is 17.3. The molecule has 1 aromatic rings. The molecule has 3 atom stereocenters. The number of halogens is 4. The van der Waals surface area contributed by atoms with Crippen LogP contribution in [0.2, 0.25) is 0 Å². The maximum absolute atomic E-state index is 12.9. The maximum Gasteiger partial charge on any atom is 0.391 e. The van der Waals surface area contributed by atoms with Crippen molar-refractivity contribution in [3.63, 3.8) is 0 Å². The predicted molar refractivity (Wildman–Crippen MR) is 105 cm³/mol. The first-order chi connectivity index (χ1) is 11.7. The van der Waals surface area contributed by atoms with Gasteiger partial charge in [-0.2, -0.15) is 13.2 Å². The van der Waals surface area contributed by atoms with Gasteiger partial charge in [-0.15, -0.1) is 24.0 Å². The van der Waals surface area contributed by atoms with Crippen LogP contribution in [-0.2, 0) is 5.60 Å². The minimum Gasteiger partial charge on any atom is -0.466 e. The third-order valence-electron chi connectivity index (χ3n) is 4.42. The van der Waals surface area contributed by atoms with Gasteiger partial charge < -0.3 is 20.2 Å². The summed E-state index contributed by atoms with van der Waals surface area (Å²) in [4.78, 5) is 4.33. The number of furan rings is 1. The second-order valence-electron chi connectivity index (χ2n) is 6.69. The van der Waals surface area contributed by atoms with Crippen molar-refractivity contribution in [1.29, 1.82) is 0 Å². The number of nitrogens with zero attached hydrogens (tertiary/aromatic N) is 1. The van der Waals surface area contributed by atoms with E-state index in [0.29, 0.717) is 31.1 Å². The molecule has 3 N–H and O–H groups in total. The van der Waals surface area contributed by atoms with Crippen LogP contribution in [0.4, 0.5) is 13.2 Å². The molecule has 9 heteroatoms. The van der Waals surface area contributed by atoms with Crippen molar-refractivity contribution < 1.29 is 22.7 Å². The molecule has 150 valence electrons. The fraction of sp³-hybridized carbons (Fsp3) is 0.706. The largest absolute Gasteiger partial charge is 0.466 e. The molecule has 0 spiro atoms. The molecule has 1 saturated carbocycles. The van der Waals surface area contributed by atoms with Crippen LogP contribution in [0.15, 0.2) is 27.8 Å². The van der Waals surface area contributed by atoms with Crippen LogP contribution in [0.5, 0.6) is 0 Å². The SMILES string of the molecule is CCNC(=NCC(C)(O)c1ccco1)NC1CCCC(C(F)(F)F)C1.I. The van der Waals surface area contributed by atoms with E-state index in [2.05, 4.69) is 15.6 Å². The van der Waals surface area contributed by atoms with Gasteiger partial charge >= 0.3 is 6.18 Å². The number of guanidine groups is 1. The molecule has 1 aliphatic rings. The van der Waals surface area contributed by atoms with Gasteiger partial charge in [-0.05, 0) is 45.2 Å². The molecule has 0 bridgehead atoms. The molecule has 1 aromatic heterocycles. The molecule has 5 nitrogen and oxygen atoms in total. The van der Waals surface area contributed by atoms with Gasteiger partial charge in [-0.25, -0.2) is 4.99 Å². The zero-order chi connectivity index (χ0) is 18.5. The van der Waals surface area contributed by atoms with E-state index in [0.717, 1.165) is 0 Å². The molecule has 1 fully saturated rings. The van der Waals surface area contributed by atoms with E-state index in [1.165, 1.54) is 6.26 Å². The van der Waals surface area contributed by atoms with E-state index in [1.54, 1.807) is 19.1 Å². The minimum atomic E-state index is -4.15. The van der Waals surface area contributed by atoms with Crippen LogP contribution in [0, 0.1) is 5.92 Å². The second kappa shape index (κ2) is 9.82. The Morgan fingerprint density at radius 2 is 2.12 bits per heavy atom. The maximum atomic E-state index is 12.9. The summed E-state index contributed by atoms with van der Waals surface area (Å²) >= 11 is 0. The summed E-state index contributed by atoms with van der Waals surface area (Å²) in [6.45, 7) is 4.07. The van der Waals surface area contributed by atoms with Gasteiger partial charge in [0.25, 0.3) is 0 Å². The Labute approximate surface area is 168 Å². The van der Waals surface area contributed by atoms with E-state index in [4.69, 9.17) is 4.42 Å². The standard InChI is InChI=1S/C17H26F3N3O2.HI/c1-3-21-15(22-11-16(2,24)14-8-5-9-25-14)23-13-7-4-6-12(10-13)17(18,19)20;/h5,8-9,12-13,24H,3-4,6-7,10-11H2,1-2H3,(H2,21,22,23);1H. The molecule has 1 heterocycles. The third kappa shape index (κ3) is 6.64. The Balaban J connectivity index is 0.00000338. The molecule has 0 aliphatic heterocycles. The first kappa shape index (κ1) is 23.1. The summed E-state index contributed by atoms with van der Waals surface area (Å²) in [5.74, 6) is -0.475. The van der Waals surface area contributed by atoms with Crippen molar-refractivity contribution in [2.75, 3.05) is 13.1 Å². The van der Waals surface area contributed by atoms with Crippen LogP contribution < -0.4 is 10.6 Å². The highest BCUT2D eigenvalue weighted by Crippen LogP contribution is 2.37. The molecular weight excluding hydrogens is 462 g/mol. The summed E-state index contributed by atoms with van der Waals surface area (Å²) in [7, 11) is 0. The molecule has 0 amide bonds. The summed E-state index contributed by atoms with van der Waals surface area (Å²) < 4.78 is 44.0. The number of alkyl halides is 3. The number of nitrogens with one attached hydrogen (secondary N) is 2. The number of aliphatic hydroxyl groups is 1. The van der Waals surface area contributed by atoms with E-state index < -0.39 is 17.7 Å². The molecule has 0 saturated heterocycles. The number of aliphatic imine (C=N–C) groups is 1. The van der Waals surface area contributed by atoms with Gasteiger partial charge in [-0.3, -0.25) is 0 Å². The van der Waals surface area contributed by atoms with Crippen LogP contribution in [0.25, 0.3) is 0 Å². The molecule has 1 aliphatic carbocycles. The molecule has 2 rings (SSSR count). The highest BCUT2D eigenvalue weighted by Gasteiger charge is 2.42. The summed E-state index contributed by atoms with van der Waals surface area (Å²) in [6, 6.07) is 3.05. The van der Waals surface area contributed by atoms with Gasteiger partial charge in [-0.1, -0.05) is 6.42 Å². The fourth-order valence-corrected chi connectivity index (χ4v) is 3.03. The quantitative estimate of drug-likeness (QED) is 0.335. The smallest absolute Gasteiger partial charge is 0.391 e. The van der Waals surface area contributed by atoms with E-state index in [9.17, 15) is 18.3 Å². The second-order valence-corrected chi connectivity index (χ2v) is 6.69. The Hall–Kier alpha value is -0.970. The van der Waals surface area contributed by atoms with E-state index in [1.807, 2.05) is 6.92 Å². The van der Waals surface area contributed by atoms with Crippen molar-refractivity contribution in [3.8, 4) is 0 Å². The third-order valence-corrected chi connectivity index (χ3v) is 4.42.